The zero-order chi connectivity index (χ0) is 52.4. The molecule has 0 spiro atoms. The maximum absolute atomic E-state index is 6.05. The average Bonchev–Trinajstić information content (AvgIpc) is 3.52. The molecular formula is C70H53BPS4. The second-order valence-electron chi connectivity index (χ2n) is 17.6. The number of rotatable bonds is 9. The first-order valence-electron chi connectivity index (χ1n) is 25.6. The SMILES string of the molecule is C(C=C1C=C(c2ccccc2)SC(c2ccccc2)=C1)=C1C=C(c2ccccc2)SC(c2ccccc2)=C1.C1=C(c2ccccc2)SC(c2ccccc2)=CC1=C1C=C(c2ccccc2)SC(c2ccccc2)=C1.[3H][B]P. The van der Waals surface area contributed by atoms with Crippen molar-refractivity contribution in [3.8, 4) is 0 Å². The highest BCUT2D eigenvalue weighted by molar-refractivity contribution is 8.17. The van der Waals surface area contributed by atoms with Crippen molar-refractivity contribution >= 4 is 103 Å². The molecule has 6 heteroatoms. The van der Waals surface area contributed by atoms with Crippen LogP contribution >= 0.6 is 56.2 Å². The van der Waals surface area contributed by atoms with E-state index in [4.69, 9.17) is 1.34 Å². The highest BCUT2D eigenvalue weighted by atomic mass is 32.2. The minimum atomic E-state index is 1.17. The van der Waals surface area contributed by atoms with Gasteiger partial charge in [0.15, 0.2) is 0 Å². The van der Waals surface area contributed by atoms with E-state index in [2.05, 4.69) is 313 Å². The third-order valence-electron chi connectivity index (χ3n) is 12.5. The molecule has 0 nitrogen and oxygen atoms in total. The van der Waals surface area contributed by atoms with Crippen LogP contribution in [0.4, 0.5) is 0 Å². The van der Waals surface area contributed by atoms with Gasteiger partial charge >= 0.3 is 0 Å². The fraction of sp³-hybridized carbons (Fsp3) is 0. The first kappa shape index (κ1) is 50.9. The number of hydrogen-bond acceptors (Lipinski definition) is 4. The molecule has 0 amide bonds. The van der Waals surface area contributed by atoms with Crippen molar-refractivity contribution in [2.75, 3.05) is 0 Å². The van der Waals surface area contributed by atoms with E-state index in [0.717, 1.165) is 0 Å². The monoisotopic (exact) mass is 1070 g/mol. The molecule has 0 N–H and O–H groups in total. The van der Waals surface area contributed by atoms with Crippen molar-refractivity contribution < 1.29 is 0 Å². The van der Waals surface area contributed by atoms with Gasteiger partial charge in [-0.15, -0.1) is 0 Å². The molecule has 1 unspecified atom stereocenters. The zero-order valence-corrected chi connectivity index (χ0v) is 46.1. The lowest BCUT2D eigenvalue weighted by molar-refractivity contribution is 1.54. The molecule has 0 aliphatic carbocycles. The van der Waals surface area contributed by atoms with E-state index in [9.17, 15) is 0 Å². The average molecular weight is 1070 g/mol. The Morgan fingerprint density at radius 3 is 0.553 bits per heavy atom. The van der Waals surface area contributed by atoms with Crippen LogP contribution in [0.2, 0.25) is 0 Å². The van der Waals surface area contributed by atoms with Gasteiger partial charge in [-0.05, 0) is 117 Å². The Morgan fingerprint density at radius 1 is 0.250 bits per heavy atom. The van der Waals surface area contributed by atoms with Crippen molar-refractivity contribution in [1.29, 1.82) is 1.34 Å². The van der Waals surface area contributed by atoms with Crippen molar-refractivity contribution in [3.05, 3.63) is 370 Å². The van der Waals surface area contributed by atoms with Crippen LogP contribution in [0.25, 0.3) is 39.2 Å². The van der Waals surface area contributed by atoms with Crippen LogP contribution in [0.15, 0.2) is 326 Å². The van der Waals surface area contributed by atoms with Gasteiger partial charge in [0.1, 0.15) is 7.53 Å². The van der Waals surface area contributed by atoms with E-state index in [1.54, 1.807) is 0 Å². The summed E-state index contributed by atoms with van der Waals surface area (Å²) < 4.78 is 6.05. The van der Waals surface area contributed by atoms with Crippen LogP contribution in [-0.4, -0.2) is 8.86 Å². The Balaban J connectivity index is 0.000000166. The van der Waals surface area contributed by atoms with Crippen LogP contribution < -0.4 is 0 Å². The van der Waals surface area contributed by atoms with Gasteiger partial charge < -0.3 is 0 Å². The van der Waals surface area contributed by atoms with Crippen molar-refractivity contribution in [2.24, 2.45) is 0 Å². The summed E-state index contributed by atoms with van der Waals surface area (Å²) in [6.07, 6.45) is 23.0. The third kappa shape index (κ3) is 13.6. The van der Waals surface area contributed by atoms with E-state index in [1.165, 1.54) is 114 Å². The molecule has 8 aromatic carbocycles. The maximum atomic E-state index is 6.05. The van der Waals surface area contributed by atoms with Crippen molar-refractivity contribution in [2.45, 2.75) is 0 Å². The van der Waals surface area contributed by atoms with Gasteiger partial charge in [0.2, 0.25) is 0 Å². The standard InChI is InChI=1S/C36H26S2.C34H24S2.BH3P/c1-5-13-29(14-6-1)33-23-27(24-34(37-33)30-15-7-2-8-16-30)21-22-28-25-35(31-17-9-3-10-18-31)38-36(26-28)32-19-11-4-12-20-32;1-5-13-25(14-6-1)31-21-29(22-32(35-31)26-15-7-2-8-16-26)30-23-33(27-17-9-3-10-18-27)36-34(24-30)28-19-11-4-12-20-28;1-2/h1-26H;1-24H;1H,2H2/i;;1T. The molecule has 4 aliphatic rings. The predicted octanol–water partition coefficient (Wildman–Crippen LogP) is 20.1. The zero-order valence-electron chi connectivity index (χ0n) is 42.7. The van der Waals surface area contributed by atoms with Crippen LogP contribution in [0, 0.1) is 0 Å². The van der Waals surface area contributed by atoms with Crippen molar-refractivity contribution in [3.63, 3.8) is 0 Å². The van der Waals surface area contributed by atoms with Crippen LogP contribution in [0.1, 0.15) is 44.5 Å². The lowest BCUT2D eigenvalue weighted by Gasteiger charge is -2.21. The molecule has 0 fully saturated rings. The maximum Gasteiger partial charge on any atom is 0.116 e. The fourth-order valence-corrected chi connectivity index (χ4v) is 13.2. The Kier molecular flexibility index (Phi) is 17.8. The first-order valence-corrected chi connectivity index (χ1v) is 29.0. The molecule has 365 valence electrons. The molecule has 1 radical (unpaired) electrons. The molecular weight excluding hydrogens is 1010 g/mol. The first-order chi connectivity index (χ1) is 38.1. The Bertz CT molecular complexity index is 3180. The topological polar surface area (TPSA) is 0 Å². The summed E-state index contributed by atoms with van der Waals surface area (Å²) in [6, 6.07) is 85.4. The van der Waals surface area contributed by atoms with Crippen LogP contribution in [0.5, 0.6) is 0 Å². The van der Waals surface area contributed by atoms with E-state index < -0.39 is 0 Å². The highest BCUT2D eigenvalue weighted by Crippen LogP contribution is 2.49. The predicted molar refractivity (Wildman–Crippen MR) is 346 cm³/mol. The fourth-order valence-electron chi connectivity index (χ4n) is 8.72. The molecule has 4 aliphatic heterocycles. The minimum Gasteiger partial charge on any atom is -0.183 e. The second-order valence-corrected chi connectivity index (χ2v) is 22.0. The number of benzene rings is 8. The number of allylic oxidation sites excluding steroid dienone is 14. The molecule has 1 atom stereocenters. The van der Waals surface area contributed by atoms with Crippen molar-refractivity contribution in [1.82, 2.24) is 0 Å². The van der Waals surface area contributed by atoms with Gasteiger partial charge in [-0.25, -0.2) is 0 Å². The quantitative estimate of drug-likeness (QED) is 0.104. The smallest absolute Gasteiger partial charge is 0.116 e. The lowest BCUT2D eigenvalue weighted by atomic mass is 10.00. The third-order valence-corrected chi connectivity index (χ3v) is 17.1. The summed E-state index contributed by atoms with van der Waals surface area (Å²) in [5.41, 5.74) is 14.8. The van der Waals surface area contributed by atoms with Crippen LogP contribution in [-0.2, 0) is 0 Å². The molecule has 0 saturated heterocycles. The van der Waals surface area contributed by atoms with E-state index >= 15 is 0 Å². The van der Waals surface area contributed by atoms with Gasteiger partial charge in [0, 0.05) is 39.2 Å². The summed E-state index contributed by atoms with van der Waals surface area (Å²) in [5, 5.41) is 0. The number of hydrogen-bond donors (Lipinski definition) is 0. The van der Waals surface area contributed by atoms with E-state index in [-0.39, 0.29) is 0 Å². The molecule has 0 saturated carbocycles. The molecule has 0 aromatic heterocycles. The van der Waals surface area contributed by atoms with E-state index in [0.29, 0.717) is 0 Å². The minimum absolute atomic E-state index is 1.17. The Labute approximate surface area is 471 Å². The van der Waals surface area contributed by atoms with Gasteiger partial charge in [0.05, 0.1) is 0 Å². The second kappa shape index (κ2) is 26.5. The lowest BCUT2D eigenvalue weighted by Crippen LogP contribution is -1.97. The van der Waals surface area contributed by atoms with Gasteiger partial charge in [-0.2, -0.15) is 9.12 Å². The number of thioether (sulfide) groups is 4. The summed E-state index contributed by atoms with van der Waals surface area (Å²) >= 11 is 7.35. The molecule has 4 heterocycles. The van der Waals surface area contributed by atoms with Crippen LogP contribution in [0.3, 0.4) is 0 Å². The van der Waals surface area contributed by atoms with Gasteiger partial charge in [-0.1, -0.05) is 302 Å². The summed E-state index contributed by atoms with van der Waals surface area (Å²) in [4.78, 5) is 10.1. The summed E-state index contributed by atoms with van der Waals surface area (Å²) in [5.74, 6) is 0. The largest absolute Gasteiger partial charge is 0.183 e. The molecule has 0 bridgehead atoms. The highest BCUT2D eigenvalue weighted by Gasteiger charge is 2.21. The Morgan fingerprint density at radius 2 is 0.395 bits per heavy atom. The summed E-state index contributed by atoms with van der Waals surface area (Å²) in [7, 11) is 3.29. The van der Waals surface area contributed by atoms with Gasteiger partial charge in [0.25, 0.3) is 0 Å². The van der Waals surface area contributed by atoms with E-state index in [1.807, 2.05) is 47.0 Å². The normalized spacial score (nSPS) is 15.1. The summed E-state index contributed by atoms with van der Waals surface area (Å²) in [6.45, 7) is 0. The molecule has 8 aromatic rings. The molecule has 76 heavy (non-hydrogen) atoms. The molecule has 12 rings (SSSR count). The Hall–Kier alpha value is -7.21. The van der Waals surface area contributed by atoms with Gasteiger partial charge in [-0.3, -0.25) is 0 Å².